The van der Waals surface area contributed by atoms with Gasteiger partial charge < -0.3 is 15.3 Å². The fourth-order valence-corrected chi connectivity index (χ4v) is 2.73. The highest BCUT2D eigenvalue weighted by Gasteiger charge is 2.23. The summed E-state index contributed by atoms with van der Waals surface area (Å²) in [6.07, 6.45) is 3.77. The molecule has 0 atom stereocenters. The van der Waals surface area contributed by atoms with Gasteiger partial charge in [-0.05, 0) is 42.5 Å². The molecule has 1 fully saturated rings. The standard InChI is InChI=1S/C16H20N2O3/c19-15(5-7-17-14-3-4-14)18-8-6-11-1-2-12(16(20)21)9-13(11)10-18/h1-2,9,14,17H,3-8,10H2,(H,20,21). The van der Waals surface area contributed by atoms with Gasteiger partial charge in [-0.3, -0.25) is 4.79 Å². The van der Waals surface area contributed by atoms with Crippen LogP contribution in [-0.2, 0) is 17.8 Å². The lowest BCUT2D eigenvalue weighted by atomic mass is 9.97. The zero-order chi connectivity index (χ0) is 14.8. The molecular weight excluding hydrogens is 268 g/mol. The molecule has 1 saturated carbocycles. The van der Waals surface area contributed by atoms with Crippen molar-refractivity contribution in [2.45, 2.75) is 38.3 Å². The molecule has 2 N–H and O–H groups in total. The summed E-state index contributed by atoms with van der Waals surface area (Å²) in [7, 11) is 0. The third kappa shape index (κ3) is 3.42. The average Bonchev–Trinajstić information content (AvgIpc) is 3.30. The topological polar surface area (TPSA) is 69.6 Å². The van der Waals surface area contributed by atoms with Crippen LogP contribution < -0.4 is 5.32 Å². The summed E-state index contributed by atoms with van der Waals surface area (Å²) in [6.45, 7) is 1.99. The quantitative estimate of drug-likeness (QED) is 0.859. The molecule has 5 heteroatoms. The number of amides is 1. The van der Waals surface area contributed by atoms with E-state index in [4.69, 9.17) is 5.11 Å². The van der Waals surface area contributed by atoms with Crippen LogP contribution in [0.5, 0.6) is 0 Å². The number of nitrogens with zero attached hydrogens (tertiary/aromatic N) is 1. The lowest BCUT2D eigenvalue weighted by Crippen LogP contribution is -2.37. The summed E-state index contributed by atoms with van der Waals surface area (Å²) < 4.78 is 0. The van der Waals surface area contributed by atoms with Crippen molar-refractivity contribution in [2.24, 2.45) is 0 Å². The van der Waals surface area contributed by atoms with Gasteiger partial charge in [0.1, 0.15) is 0 Å². The lowest BCUT2D eigenvalue weighted by molar-refractivity contribution is -0.132. The fourth-order valence-electron chi connectivity index (χ4n) is 2.73. The van der Waals surface area contributed by atoms with Crippen LogP contribution in [0.4, 0.5) is 0 Å². The number of carbonyl (C=O) groups excluding carboxylic acids is 1. The van der Waals surface area contributed by atoms with Crippen LogP contribution in [0.25, 0.3) is 0 Å². The Bertz CT molecular complexity index is 567. The highest BCUT2D eigenvalue weighted by Crippen LogP contribution is 2.21. The molecule has 0 unspecified atom stereocenters. The van der Waals surface area contributed by atoms with Gasteiger partial charge in [0, 0.05) is 32.1 Å². The Morgan fingerprint density at radius 2 is 2.10 bits per heavy atom. The summed E-state index contributed by atoms with van der Waals surface area (Å²) in [5, 5.41) is 12.4. The SMILES string of the molecule is O=C(O)c1ccc2c(c1)CN(C(=O)CCNC1CC1)CC2. The maximum Gasteiger partial charge on any atom is 0.335 e. The van der Waals surface area contributed by atoms with Gasteiger partial charge in [0.2, 0.25) is 5.91 Å². The number of carboxylic acids is 1. The first-order valence-electron chi connectivity index (χ1n) is 7.50. The number of nitrogens with one attached hydrogen (secondary N) is 1. The van der Waals surface area contributed by atoms with Gasteiger partial charge in [0.05, 0.1) is 5.56 Å². The van der Waals surface area contributed by atoms with E-state index in [1.807, 2.05) is 11.0 Å². The van der Waals surface area contributed by atoms with Gasteiger partial charge in [-0.1, -0.05) is 6.07 Å². The van der Waals surface area contributed by atoms with E-state index in [1.54, 1.807) is 12.1 Å². The molecular formula is C16H20N2O3. The molecule has 1 amide bonds. The lowest BCUT2D eigenvalue weighted by Gasteiger charge is -2.29. The Labute approximate surface area is 123 Å². The fraction of sp³-hybridized carbons (Fsp3) is 0.500. The maximum absolute atomic E-state index is 12.2. The number of benzene rings is 1. The van der Waals surface area contributed by atoms with Gasteiger partial charge >= 0.3 is 5.97 Å². The summed E-state index contributed by atoms with van der Waals surface area (Å²) in [6, 6.07) is 5.82. The van der Waals surface area contributed by atoms with Gasteiger partial charge in [-0.15, -0.1) is 0 Å². The van der Waals surface area contributed by atoms with Crippen molar-refractivity contribution in [3.05, 3.63) is 34.9 Å². The third-order valence-corrected chi connectivity index (χ3v) is 4.17. The minimum atomic E-state index is -0.921. The van der Waals surface area contributed by atoms with Gasteiger partial charge in [0.15, 0.2) is 0 Å². The van der Waals surface area contributed by atoms with E-state index < -0.39 is 5.97 Å². The predicted octanol–water partition coefficient (Wildman–Crippen LogP) is 1.41. The second-order valence-corrected chi connectivity index (χ2v) is 5.83. The van der Waals surface area contributed by atoms with Crippen molar-refractivity contribution >= 4 is 11.9 Å². The monoisotopic (exact) mass is 288 g/mol. The third-order valence-electron chi connectivity index (χ3n) is 4.17. The van der Waals surface area contributed by atoms with Crippen LogP contribution in [0.15, 0.2) is 18.2 Å². The van der Waals surface area contributed by atoms with Crippen LogP contribution in [0.3, 0.4) is 0 Å². The Balaban J connectivity index is 1.60. The molecule has 0 saturated heterocycles. The smallest absolute Gasteiger partial charge is 0.335 e. The first-order chi connectivity index (χ1) is 10.1. The number of hydrogen-bond donors (Lipinski definition) is 2. The number of carboxylic acid groups (broad SMARTS) is 1. The number of fused-ring (bicyclic) bond motifs is 1. The summed E-state index contributed by atoms with van der Waals surface area (Å²) in [4.78, 5) is 25.1. The average molecular weight is 288 g/mol. The van der Waals surface area contributed by atoms with Crippen molar-refractivity contribution in [1.82, 2.24) is 10.2 Å². The van der Waals surface area contributed by atoms with Crippen LogP contribution in [-0.4, -0.2) is 41.0 Å². The molecule has 1 aliphatic heterocycles. The maximum atomic E-state index is 12.2. The second-order valence-electron chi connectivity index (χ2n) is 5.83. The van der Waals surface area contributed by atoms with Gasteiger partial charge in [-0.25, -0.2) is 4.79 Å². The minimum Gasteiger partial charge on any atom is -0.478 e. The number of carbonyl (C=O) groups is 2. The first kappa shape index (κ1) is 14.1. The van der Waals surface area contributed by atoms with Crippen molar-refractivity contribution in [3.8, 4) is 0 Å². The molecule has 1 aromatic rings. The first-order valence-corrected chi connectivity index (χ1v) is 7.50. The molecule has 1 aliphatic carbocycles. The zero-order valence-electron chi connectivity index (χ0n) is 12.0. The molecule has 112 valence electrons. The largest absolute Gasteiger partial charge is 0.478 e. The van der Waals surface area contributed by atoms with E-state index >= 15 is 0 Å². The number of rotatable bonds is 5. The Kier molecular flexibility index (Phi) is 3.92. The molecule has 0 bridgehead atoms. The van der Waals surface area contributed by atoms with Gasteiger partial charge in [-0.2, -0.15) is 0 Å². The number of hydrogen-bond acceptors (Lipinski definition) is 3. The summed E-state index contributed by atoms with van der Waals surface area (Å²) in [5.74, 6) is -0.774. The summed E-state index contributed by atoms with van der Waals surface area (Å²) >= 11 is 0. The molecule has 1 aromatic carbocycles. The molecule has 2 aliphatic rings. The second kappa shape index (κ2) is 5.85. The predicted molar refractivity (Wildman–Crippen MR) is 78.2 cm³/mol. The van der Waals surface area contributed by atoms with E-state index in [0.29, 0.717) is 24.6 Å². The molecule has 0 radical (unpaired) electrons. The van der Waals surface area contributed by atoms with E-state index in [0.717, 1.165) is 30.6 Å². The van der Waals surface area contributed by atoms with Crippen molar-refractivity contribution in [1.29, 1.82) is 0 Å². The minimum absolute atomic E-state index is 0.148. The van der Waals surface area contributed by atoms with E-state index in [1.165, 1.54) is 12.8 Å². The molecule has 3 rings (SSSR count). The number of aromatic carboxylic acids is 1. The van der Waals surface area contributed by atoms with Gasteiger partial charge in [0.25, 0.3) is 0 Å². The molecule has 21 heavy (non-hydrogen) atoms. The van der Waals surface area contributed by atoms with E-state index in [-0.39, 0.29) is 5.91 Å². The normalized spacial score (nSPS) is 17.4. The van der Waals surface area contributed by atoms with Crippen LogP contribution >= 0.6 is 0 Å². The zero-order valence-corrected chi connectivity index (χ0v) is 12.0. The Hall–Kier alpha value is -1.88. The van der Waals surface area contributed by atoms with E-state index in [9.17, 15) is 9.59 Å². The van der Waals surface area contributed by atoms with Crippen LogP contribution in [0.1, 0.15) is 40.7 Å². The van der Waals surface area contributed by atoms with Crippen molar-refractivity contribution in [3.63, 3.8) is 0 Å². The highest BCUT2D eigenvalue weighted by atomic mass is 16.4. The van der Waals surface area contributed by atoms with Crippen LogP contribution in [0.2, 0.25) is 0 Å². The molecule has 0 spiro atoms. The summed E-state index contributed by atoms with van der Waals surface area (Å²) in [5.41, 5.74) is 2.41. The van der Waals surface area contributed by atoms with E-state index in [2.05, 4.69) is 5.32 Å². The van der Waals surface area contributed by atoms with Crippen molar-refractivity contribution in [2.75, 3.05) is 13.1 Å². The van der Waals surface area contributed by atoms with Crippen molar-refractivity contribution < 1.29 is 14.7 Å². The molecule has 5 nitrogen and oxygen atoms in total. The van der Waals surface area contributed by atoms with Crippen LogP contribution in [0, 0.1) is 0 Å². The highest BCUT2D eigenvalue weighted by molar-refractivity contribution is 5.88. The molecule has 1 heterocycles. The molecule has 0 aromatic heterocycles. The Morgan fingerprint density at radius 1 is 1.29 bits per heavy atom. The Morgan fingerprint density at radius 3 is 2.81 bits per heavy atom.